The third-order valence-electron chi connectivity index (χ3n) is 5.38. The van der Waals surface area contributed by atoms with Crippen LogP contribution in [-0.4, -0.2) is 25.8 Å². The number of nitro groups is 1. The Bertz CT molecular complexity index is 1300. The number of rotatable bonds is 9. The van der Waals surface area contributed by atoms with Gasteiger partial charge in [0.05, 0.1) is 22.0 Å². The van der Waals surface area contributed by atoms with Gasteiger partial charge in [0.15, 0.2) is 0 Å². The number of nitrogens with zero attached hydrogens (tertiary/aromatic N) is 4. The van der Waals surface area contributed by atoms with Crippen LogP contribution < -0.4 is 11.1 Å². The van der Waals surface area contributed by atoms with Gasteiger partial charge in [0.25, 0.3) is 5.69 Å². The molecule has 4 aromatic rings. The molecule has 172 valence electrons. The molecule has 0 aliphatic rings. The third-order valence-corrected chi connectivity index (χ3v) is 5.38. The Balaban J connectivity index is 1.30. The molecule has 0 unspecified atom stereocenters. The Morgan fingerprint density at radius 3 is 2.62 bits per heavy atom. The summed E-state index contributed by atoms with van der Waals surface area (Å²) in [7, 11) is 0. The fraction of sp³-hybridized carbons (Fsp3) is 0.160. The van der Waals surface area contributed by atoms with Crippen LogP contribution in [-0.2, 0) is 24.2 Å². The number of non-ortho nitro benzene ring substituents is 1. The van der Waals surface area contributed by atoms with Crippen LogP contribution in [0.5, 0.6) is 0 Å². The molecule has 34 heavy (non-hydrogen) atoms. The number of nitrogen functional groups attached to an aromatic ring is 1. The third kappa shape index (κ3) is 5.83. The van der Waals surface area contributed by atoms with E-state index in [9.17, 15) is 14.9 Å². The summed E-state index contributed by atoms with van der Waals surface area (Å²) in [5, 5.41) is 22.0. The van der Waals surface area contributed by atoms with Gasteiger partial charge in [-0.3, -0.25) is 19.6 Å². The number of benzene rings is 3. The van der Waals surface area contributed by atoms with Gasteiger partial charge in [0.1, 0.15) is 0 Å². The van der Waals surface area contributed by atoms with E-state index in [2.05, 4.69) is 15.6 Å². The molecule has 0 aliphatic carbocycles. The van der Waals surface area contributed by atoms with E-state index < -0.39 is 4.92 Å². The highest BCUT2D eigenvalue weighted by Crippen LogP contribution is 2.27. The van der Waals surface area contributed by atoms with Crippen LogP contribution in [0.1, 0.15) is 17.7 Å². The summed E-state index contributed by atoms with van der Waals surface area (Å²) >= 11 is 0. The number of nitro benzene ring substituents is 1. The lowest BCUT2D eigenvalue weighted by Gasteiger charge is -2.10. The predicted octanol–water partition coefficient (Wildman–Crippen LogP) is 4.25. The number of hydrogen-bond acceptors (Lipinski definition) is 6. The van der Waals surface area contributed by atoms with Crippen LogP contribution in [0.4, 0.5) is 17.1 Å². The Morgan fingerprint density at radius 1 is 1.00 bits per heavy atom. The molecule has 1 heterocycles. The number of aromatic nitrogens is 3. The first kappa shape index (κ1) is 22.7. The highest BCUT2D eigenvalue weighted by molar-refractivity contribution is 5.95. The standard InChI is InChI=1S/C25H24N6O3/c26-23-11-9-20(19-6-2-1-3-7-19)16-24(23)27-25(32)12-10-21-17-30(29-28-21)14-13-18-5-4-8-22(15-18)31(33)34/h1-9,11,15-17H,10,12-14,26H2,(H,27,32). The van der Waals surface area contributed by atoms with Crippen molar-refractivity contribution in [1.82, 2.24) is 15.0 Å². The van der Waals surface area contributed by atoms with Crippen molar-refractivity contribution in [2.24, 2.45) is 0 Å². The Hall–Kier alpha value is -4.53. The van der Waals surface area contributed by atoms with Crippen molar-refractivity contribution in [2.45, 2.75) is 25.8 Å². The summed E-state index contributed by atoms with van der Waals surface area (Å²) in [6.45, 7) is 0.531. The smallest absolute Gasteiger partial charge is 0.269 e. The molecular formula is C25H24N6O3. The van der Waals surface area contributed by atoms with Gasteiger partial charge in [-0.05, 0) is 35.2 Å². The number of amides is 1. The van der Waals surface area contributed by atoms with Crippen LogP contribution in [0.2, 0.25) is 0 Å². The minimum absolute atomic E-state index is 0.0673. The average molecular weight is 457 g/mol. The molecule has 3 aromatic carbocycles. The van der Waals surface area contributed by atoms with Crippen LogP contribution >= 0.6 is 0 Å². The molecule has 1 aromatic heterocycles. The number of nitrogens with two attached hydrogens (primary N) is 1. The van der Waals surface area contributed by atoms with Gasteiger partial charge in [-0.15, -0.1) is 5.10 Å². The highest BCUT2D eigenvalue weighted by Gasteiger charge is 2.10. The zero-order valence-electron chi connectivity index (χ0n) is 18.4. The van der Waals surface area contributed by atoms with Gasteiger partial charge in [0, 0.05) is 37.7 Å². The average Bonchev–Trinajstić information content (AvgIpc) is 3.31. The first-order valence-corrected chi connectivity index (χ1v) is 10.8. The summed E-state index contributed by atoms with van der Waals surface area (Å²) in [4.78, 5) is 23.0. The van der Waals surface area contributed by atoms with Crippen molar-refractivity contribution in [3.63, 3.8) is 0 Å². The minimum Gasteiger partial charge on any atom is -0.397 e. The Labute approximate surface area is 196 Å². The number of aryl methyl sites for hydroxylation is 3. The number of nitrogens with one attached hydrogen (secondary N) is 1. The van der Waals surface area contributed by atoms with E-state index in [4.69, 9.17) is 5.73 Å². The Morgan fingerprint density at radius 2 is 1.82 bits per heavy atom. The van der Waals surface area contributed by atoms with E-state index in [0.29, 0.717) is 36.5 Å². The van der Waals surface area contributed by atoms with E-state index in [-0.39, 0.29) is 18.0 Å². The quantitative estimate of drug-likeness (QED) is 0.220. The molecule has 0 aliphatic heterocycles. The molecule has 0 saturated carbocycles. The summed E-state index contributed by atoms with van der Waals surface area (Å²) in [6.07, 6.45) is 3.04. The summed E-state index contributed by atoms with van der Waals surface area (Å²) in [5.74, 6) is -0.164. The van der Waals surface area contributed by atoms with E-state index in [0.717, 1.165) is 16.7 Å². The molecule has 4 rings (SSSR count). The second kappa shape index (κ2) is 10.4. The SMILES string of the molecule is Nc1ccc(-c2ccccc2)cc1NC(=O)CCc1cn(CCc2cccc([N+](=O)[O-])c2)nn1. The fourth-order valence-electron chi connectivity index (χ4n) is 3.56. The van der Waals surface area contributed by atoms with Crippen LogP contribution in [0.15, 0.2) is 79.0 Å². The van der Waals surface area contributed by atoms with Crippen molar-refractivity contribution < 1.29 is 9.72 Å². The molecule has 0 spiro atoms. The van der Waals surface area contributed by atoms with Crippen LogP contribution in [0, 0.1) is 10.1 Å². The van der Waals surface area contributed by atoms with Crippen LogP contribution in [0.25, 0.3) is 11.1 Å². The summed E-state index contributed by atoms with van der Waals surface area (Å²) < 4.78 is 1.67. The van der Waals surface area contributed by atoms with Crippen molar-refractivity contribution in [3.8, 4) is 11.1 Å². The predicted molar refractivity (Wildman–Crippen MR) is 130 cm³/mol. The van der Waals surface area contributed by atoms with Gasteiger partial charge in [-0.2, -0.15) is 0 Å². The molecule has 0 saturated heterocycles. The van der Waals surface area contributed by atoms with Crippen molar-refractivity contribution in [2.75, 3.05) is 11.1 Å². The van der Waals surface area contributed by atoms with E-state index in [1.807, 2.05) is 48.5 Å². The molecule has 0 radical (unpaired) electrons. The maximum atomic E-state index is 12.5. The van der Waals surface area contributed by atoms with Crippen molar-refractivity contribution >= 4 is 23.0 Å². The number of anilines is 2. The lowest BCUT2D eigenvalue weighted by Crippen LogP contribution is -2.13. The first-order chi connectivity index (χ1) is 16.5. The molecule has 1 amide bonds. The molecule has 0 atom stereocenters. The maximum Gasteiger partial charge on any atom is 0.269 e. The Kier molecular flexibility index (Phi) is 6.92. The van der Waals surface area contributed by atoms with Gasteiger partial charge in [0.2, 0.25) is 5.91 Å². The monoisotopic (exact) mass is 456 g/mol. The molecular weight excluding hydrogens is 432 g/mol. The first-order valence-electron chi connectivity index (χ1n) is 10.8. The zero-order valence-corrected chi connectivity index (χ0v) is 18.4. The molecule has 0 fully saturated rings. The van der Waals surface area contributed by atoms with Gasteiger partial charge < -0.3 is 11.1 Å². The van der Waals surface area contributed by atoms with E-state index in [1.165, 1.54) is 6.07 Å². The van der Waals surface area contributed by atoms with E-state index >= 15 is 0 Å². The second-order valence-corrected chi connectivity index (χ2v) is 7.87. The zero-order chi connectivity index (χ0) is 23.9. The number of carbonyl (C=O) groups is 1. The normalized spacial score (nSPS) is 10.7. The second-order valence-electron chi connectivity index (χ2n) is 7.87. The maximum absolute atomic E-state index is 12.5. The lowest BCUT2D eigenvalue weighted by atomic mass is 10.0. The molecule has 3 N–H and O–H groups in total. The lowest BCUT2D eigenvalue weighted by molar-refractivity contribution is -0.384. The molecule has 9 heteroatoms. The summed E-state index contributed by atoms with van der Waals surface area (Å²) in [5.41, 5.74) is 10.8. The molecule has 0 bridgehead atoms. The van der Waals surface area contributed by atoms with Gasteiger partial charge in [-0.1, -0.05) is 53.7 Å². The van der Waals surface area contributed by atoms with Crippen molar-refractivity contribution in [3.05, 3.63) is 100 Å². The van der Waals surface area contributed by atoms with Gasteiger partial charge in [-0.25, -0.2) is 0 Å². The fourth-order valence-corrected chi connectivity index (χ4v) is 3.56. The number of carbonyl (C=O) groups excluding carboxylic acids is 1. The number of hydrogen-bond donors (Lipinski definition) is 2. The highest BCUT2D eigenvalue weighted by atomic mass is 16.6. The van der Waals surface area contributed by atoms with Crippen LogP contribution in [0.3, 0.4) is 0 Å². The van der Waals surface area contributed by atoms with E-state index in [1.54, 1.807) is 29.1 Å². The van der Waals surface area contributed by atoms with Crippen molar-refractivity contribution in [1.29, 1.82) is 0 Å². The largest absolute Gasteiger partial charge is 0.397 e. The summed E-state index contributed by atoms with van der Waals surface area (Å²) in [6, 6.07) is 22.0. The topological polar surface area (TPSA) is 129 Å². The molecule has 9 nitrogen and oxygen atoms in total. The van der Waals surface area contributed by atoms with Gasteiger partial charge >= 0.3 is 0 Å². The minimum atomic E-state index is -0.409.